The Bertz CT molecular complexity index is 1360. The van der Waals surface area contributed by atoms with Gasteiger partial charge in [-0.15, -0.1) is 0 Å². The summed E-state index contributed by atoms with van der Waals surface area (Å²) >= 11 is 0. The van der Waals surface area contributed by atoms with Gasteiger partial charge in [0.1, 0.15) is 18.2 Å². The van der Waals surface area contributed by atoms with Crippen LogP contribution >= 0.6 is 0 Å². The van der Waals surface area contributed by atoms with E-state index < -0.39 is 0 Å². The second-order valence-corrected chi connectivity index (χ2v) is 8.28. The number of piperidine rings is 1. The number of nitrogens with one attached hydrogen (secondary N) is 1. The minimum Gasteiger partial charge on any atom is -0.493 e. The topological polar surface area (TPSA) is 76.6 Å². The zero-order valence-electron chi connectivity index (χ0n) is 19.0. The molecule has 3 aromatic carbocycles. The monoisotopic (exact) mass is 454 g/mol. The van der Waals surface area contributed by atoms with E-state index in [9.17, 15) is 4.79 Å². The normalized spacial score (nSPS) is 14.2. The van der Waals surface area contributed by atoms with Gasteiger partial charge >= 0.3 is 0 Å². The molecule has 1 saturated heterocycles. The minimum absolute atomic E-state index is 0.0123. The number of hydrogen-bond donors (Lipinski definition) is 1. The van der Waals surface area contributed by atoms with Crippen LogP contribution in [0.5, 0.6) is 11.5 Å². The van der Waals surface area contributed by atoms with Crippen molar-refractivity contribution in [2.24, 2.45) is 0 Å². The molecule has 0 aliphatic carbocycles. The van der Waals surface area contributed by atoms with Gasteiger partial charge in [0.25, 0.3) is 0 Å². The summed E-state index contributed by atoms with van der Waals surface area (Å²) in [5, 5.41) is 6.60. The Balaban J connectivity index is 1.42. The molecule has 172 valence electrons. The summed E-state index contributed by atoms with van der Waals surface area (Å²) in [7, 11) is 1.62. The average Bonchev–Trinajstić information content (AvgIpc) is 2.88. The van der Waals surface area contributed by atoms with Crippen LogP contribution in [0.15, 0.2) is 73.6 Å². The lowest BCUT2D eigenvalue weighted by atomic mass is 10.1. The molecule has 1 N–H and O–H groups in total. The van der Waals surface area contributed by atoms with Gasteiger partial charge in [-0.05, 0) is 35.0 Å². The van der Waals surface area contributed by atoms with E-state index in [4.69, 9.17) is 9.47 Å². The first-order chi connectivity index (χ1) is 16.6. The number of likely N-dealkylation sites (tertiary alicyclic amines) is 1. The van der Waals surface area contributed by atoms with Crippen molar-refractivity contribution in [3.63, 3.8) is 0 Å². The van der Waals surface area contributed by atoms with Gasteiger partial charge in [-0.3, -0.25) is 4.79 Å². The Hall–Kier alpha value is -4.13. The Kier molecular flexibility index (Phi) is 5.99. The van der Waals surface area contributed by atoms with Crippen molar-refractivity contribution in [3.8, 4) is 11.5 Å². The third-order valence-corrected chi connectivity index (χ3v) is 6.15. The number of fused-ring (bicyclic) bond motifs is 2. The van der Waals surface area contributed by atoms with Gasteiger partial charge in [-0.1, -0.05) is 36.9 Å². The van der Waals surface area contributed by atoms with E-state index in [0.717, 1.165) is 34.8 Å². The highest BCUT2D eigenvalue weighted by molar-refractivity contribution is 5.94. The average molecular weight is 455 g/mol. The lowest BCUT2D eigenvalue weighted by Crippen LogP contribution is -2.41. The molecule has 1 amide bonds. The van der Waals surface area contributed by atoms with Crippen molar-refractivity contribution in [1.82, 2.24) is 14.9 Å². The van der Waals surface area contributed by atoms with Gasteiger partial charge in [-0.2, -0.15) is 0 Å². The molecule has 1 aromatic heterocycles. The Morgan fingerprint density at radius 1 is 1.06 bits per heavy atom. The number of nitrogens with zero attached hydrogens (tertiary/aromatic N) is 3. The zero-order valence-corrected chi connectivity index (χ0v) is 19.0. The van der Waals surface area contributed by atoms with Gasteiger partial charge in [0, 0.05) is 43.1 Å². The number of carbonyl (C=O) groups is 1. The molecule has 7 nitrogen and oxygen atoms in total. The molecule has 4 aromatic rings. The van der Waals surface area contributed by atoms with Crippen LogP contribution in [0.3, 0.4) is 0 Å². The van der Waals surface area contributed by atoms with Gasteiger partial charge in [0.15, 0.2) is 11.5 Å². The quantitative estimate of drug-likeness (QED) is 0.409. The molecule has 34 heavy (non-hydrogen) atoms. The summed E-state index contributed by atoms with van der Waals surface area (Å²) in [6.07, 6.45) is 4.37. The van der Waals surface area contributed by atoms with Gasteiger partial charge < -0.3 is 19.7 Å². The number of hydrogen-bond acceptors (Lipinski definition) is 6. The number of anilines is 2. The van der Waals surface area contributed by atoms with E-state index in [2.05, 4.69) is 46.1 Å². The second-order valence-electron chi connectivity index (χ2n) is 8.28. The molecule has 0 spiro atoms. The maximum atomic E-state index is 11.9. The highest BCUT2D eigenvalue weighted by Crippen LogP contribution is 2.36. The molecule has 1 fully saturated rings. The second kappa shape index (κ2) is 9.39. The van der Waals surface area contributed by atoms with Crippen molar-refractivity contribution in [1.29, 1.82) is 0 Å². The van der Waals surface area contributed by atoms with Gasteiger partial charge in [0.05, 0.1) is 12.6 Å². The molecular formula is C27H26N4O3. The number of benzene rings is 3. The van der Waals surface area contributed by atoms with Crippen LogP contribution in [0.1, 0.15) is 12.8 Å². The number of ether oxygens (including phenoxy) is 2. The fourth-order valence-corrected chi connectivity index (χ4v) is 4.32. The van der Waals surface area contributed by atoms with E-state index in [0.29, 0.717) is 30.4 Å². The summed E-state index contributed by atoms with van der Waals surface area (Å²) in [6, 6.07) is 18.3. The maximum absolute atomic E-state index is 11.9. The van der Waals surface area contributed by atoms with Crippen LogP contribution in [-0.4, -0.2) is 47.1 Å². The molecule has 7 heteroatoms. The molecular weight excluding hydrogens is 428 g/mol. The summed E-state index contributed by atoms with van der Waals surface area (Å²) in [6.45, 7) is 4.85. The van der Waals surface area contributed by atoms with Crippen molar-refractivity contribution in [2.45, 2.75) is 18.9 Å². The van der Waals surface area contributed by atoms with Crippen molar-refractivity contribution >= 4 is 39.1 Å². The number of aromatic nitrogens is 2. The molecule has 2 heterocycles. The molecule has 0 atom stereocenters. The molecule has 1 aliphatic rings. The van der Waals surface area contributed by atoms with Gasteiger partial charge in [0.2, 0.25) is 5.91 Å². The maximum Gasteiger partial charge on any atom is 0.245 e. The van der Waals surface area contributed by atoms with Crippen LogP contribution in [0, 0.1) is 0 Å². The first-order valence-corrected chi connectivity index (χ1v) is 11.3. The summed E-state index contributed by atoms with van der Waals surface area (Å²) < 4.78 is 11.9. The largest absolute Gasteiger partial charge is 0.493 e. The molecule has 5 rings (SSSR count). The predicted octanol–water partition coefficient (Wildman–Crippen LogP) is 5.09. The fraction of sp³-hybridized carbons (Fsp3) is 0.222. The molecule has 0 bridgehead atoms. The van der Waals surface area contributed by atoms with E-state index in [1.54, 1.807) is 12.0 Å². The predicted molar refractivity (Wildman–Crippen MR) is 134 cm³/mol. The molecule has 1 aliphatic heterocycles. The molecule has 0 unspecified atom stereocenters. The first-order valence-electron chi connectivity index (χ1n) is 11.3. The summed E-state index contributed by atoms with van der Waals surface area (Å²) in [5.74, 6) is 1.91. The van der Waals surface area contributed by atoms with E-state index in [1.807, 2.05) is 30.3 Å². The van der Waals surface area contributed by atoms with Gasteiger partial charge in [-0.25, -0.2) is 9.97 Å². The van der Waals surface area contributed by atoms with Crippen molar-refractivity contribution < 1.29 is 14.3 Å². The van der Waals surface area contributed by atoms with E-state index in [1.165, 1.54) is 17.8 Å². The summed E-state index contributed by atoms with van der Waals surface area (Å²) in [4.78, 5) is 22.6. The van der Waals surface area contributed by atoms with Crippen LogP contribution < -0.4 is 14.8 Å². The highest BCUT2D eigenvalue weighted by atomic mass is 16.5. The third-order valence-electron chi connectivity index (χ3n) is 6.15. The lowest BCUT2D eigenvalue weighted by molar-refractivity contribution is -0.127. The smallest absolute Gasteiger partial charge is 0.245 e. The Morgan fingerprint density at radius 2 is 1.85 bits per heavy atom. The summed E-state index contributed by atoms with van der Waals surface area (Å²) in [5.41, 5.74) is 1.70. The fourth-order valence-electron chi connectivity index (χ4n) is 4.32. The first kappa shape index (κ1) is 21.7. The van der Waals surface area contributed by atoms with Crippen LogP contribution in [0.2, 0.25) is 0 Å². The van der Waals surface area contributed by atoms with Crippen LogP contribution in [0.4, 0.5) is 11.5 Å². The van der Waals surface area contributed by atoms with Crippen molar-refractivity contribution in [2.75, 3.05) is 25.5 Å². The Labute approximate surface area is 198 Å². The van der Waals surface area contributed by atoms with E-state index >= 15 is 0 Å². The number of rotatable bonds is 6. The van der Waals surface area contributed by atoms with E-state index in [-0.39, 0.29) is 12.0 Å². The lowest BCUT2D eigenvalue weighted by Gasteiger charge is -2.31. The number of amides is 1. The highest BCUT2D eigenvalue weighted by Gasteiger charge is 2.24. The Morgan fingerprint density at radius 3 is 2.62 bits per heavy atom. The minimum atomic E-state index is -0.0386. The van der Waals surface area contributed by atoms with Crippen molar-refractivity contribution in [3.05, 3.63) is 73.6 Å². The van der Waals surface area contributed by atoms with Crippen LogP contribution in [0.25, 0.3) is 21.7 Å². The number of carbonyl (C=O) groups excluding carboxylic acids is 1. The molecule has 0 saturated carbocycles. The molecule has 0 radical (unpaired) electrons. The standard InChI is InChI=1S/C27H26N4O3/c1-3-26(32)31-12-10-21(11-13-31)34-25-15-22-23(16-24(25)33-2)28-17-29-27(22)30-20-9-8-18-6-4-5-7-19(18)14-20/h3-9,14-17,21H,1,10-13H2,2H3,(H,28,29,30). The number of methoxy groups -OCH3 is 1. The third kappa shape index (κ3) is 4.37. The SMILES string of the molecule is C=CC(=O)N1CCC(Oc2cc3c(Nc4ccc5ccccc5c4)ncnc3cc2OC)CC1. The van der Waals surface area contributed by atoms with Crippen LogP contribution in [-0.2, 0) is 4.79 Å². The zero-order chi connectivity index (χ0) is 23.5.